The molecule has 0 aromatic carbocycles. The van der Waals surface area contributed by atoms with Crippen LogP contribution in [0.5, 0.6) is 0 Å². The molecule has 1 fully saturated rings. The number of hydrogen-bond acceptors (Lipinski definition) is 6. The van der Waals surface area contributed by atoms with Crippen molar-refractivity contribution in [2.45, 2.75) is 44.7 Å². The molecule has 3 atom stereocenters. The number of aryl methyl sites for hydroxylation is 1. The first-order valence-corrected chi connectivity index (χ1v) is 7.27. The average molecular weight is 344 g/mol. The number of nitrogens with one attached hydrogen (secondary N) is 1. The second kappa shape index (κ2) is 7.39. The first kappa shape index (κ1) is 17.9. The van der Waals surface area contributed by atoms with Crippen LogP contribution in [0, 0.1) is 6.92 Å². The molecule has 1 aromatic rings. The van der Waals surface area contributed by atoms with E-state index in [9.17, 15) is 23.6 Å². The summed E-state index contributed by atoms with van der Waals surface area (Å²) in [5.74, 6) is -1.91. The number of aliphatic carboxylic acids is 1. The summed E-state index contributed by atoms with van der Waals surface area (Å²) in [5.41, 5.74) is -0.978. The Labute approximate surface area is 135 Å². The number of carbonyl (C=O) groups is 2. The van der Waals surface area contributed by atoms with Gasteiger partial charge in [-0.1, -0.05) is 0 Å². The van der Waals surface area contributed by atoms with E-state index in [2.05, 4.69) is 4.98 Å². The molecule has 0 unspecified atom stereocenters. The summed E-state index contributed by atoms with van der Waals surface area (Å²) in [6, 6.07) is 0. The molecular weight excluding hydrogens is 327 g/mol. The minimum absolute atomic E-state index is 0.136. The molecule has 1 saturated heterocycles. The highest BCUT2D eigenvalue weighted by molar-refractivity contribution is 5.76. The number of halogens is 1. The highest BCUT2D eigenvalue weighted by Crippen LogP contribution is 2.30. The summed E-state index contributed by atoms with van der Waals surface area (Å²) in [6.45, 7) is 1.12. The first-order chi connectivity index (χ1) is 11.3. The van der Waals surface area contributed by atoms with Crippen molar-refractivity contribution in [3.8, 4) is 0 Å². The topological polar surface area (TPSA) is 128 Å². The van der Waals surface area contributed by atoms with E-state index in [1.165, 1.54) is 13.1 Å². The van der Waals surface area contributed by atoms with Gasteiger partial charge in [-0.3, -0.25) is 23.9 Å². The van der Waals surface area contributed by atoms with Gasteiger partial charge in [0.2, 0.25) is 0 Å². The molecule has 132 valence electrons. The van der Waals surface area contributed by atoms with Gasteiger partial charge in [0.15, 0.2) is 0 Å². The quantitative estimate of drug-likeness (QED) is 0.689. The van der Waals surface area contributed by atoms with Crippen molar-refractivity contribution in [2.24, 2.45) is 0 Å². The summed E-state index contributed by atoms with van der Waals surface area (Å²) < 4.78 is 25.3. The van der Waals surface area contributed by atoms with Gasteiger partial charge in [-0.15, -0.1) is 0 Å². The van der Waals surface area contributed by atoms with Crippen LogP contribution < -0.4 is 11.2 Å². The Balaban J connectivity index is 1.96. The summed E-state index contributed by atoms with van der Waals surface area (Å²) in [4.78, 5) is 46.9. The number of H-pyrrole nitrogens is 1. The highest BCUT2D eigenvalue weighted by atomic mass is 19.1. The van der Waals surface area contributed by atoms with Crippen LogP contribution in [0.4, 0.5) is 4.39 Å². The Hall–Kier alpha value is -2.49. The zero-order valence-electron chi connectivity index (χ0n) is 12.9. The second-order valence-corrected chi connectivity index (χ2v) is 5.44. The van der Waals surface area contributed by atoms with Crippen molar-refractivity contribution in [1.29, 1.82) is 0 Å². The number of carboxylic acid groups (broad SMARTS) is 1. The highest BCUT2D eigenvalue weighted by Gasteiger charge is 2.37. The monoisotopic (exact) mass is 344 g/mol. The molecule has 0 spiro atoms. The summed E-state index contributed by atoms with van der Waals surface area (Å²) in [7, 11) is 0. The number of rotatable bonds is 6. The van der Waals surface area contributed by atoms with Gasteiger partial charge in [0.1, 0.15) is 25.1 Å². The van der Waals surface area contributed by atoms with Crippen LogP contribution in [0.15, 0.2) is 15.8 Å². The number of hydrogen-bond donors (Lipinski definition) is 2. The Bertz CT molecular complexity index is 741. The van der Waals surface area contributed by atoms with Crippen LogP contribution >= 0.6 is 0 Å². The van der Waals surface area contributed by atoms with Gasteiger partial charge < -0.3 is 14.6 Å². The lowest BCUT2D eigenvalue weighted by molar-refractivity contribution is -0.152. The van der Waals surface area contributed by atoms with Crippen molar-refractivity contribution in [3.63, 3.8) is 0 Å². The van der Waals surface area contributed by atoms with Crippen molar-refractivity contribution in [2.75, 3.05) is 6.61 Å². The number of esters is 1. The fourth-order valence-electron chi connectivity index (χ4n) is 2.27. The fraction of sp³-hybridized carbons (Fsp3) is 0.571. The van der Waals surface area contributed by atoms with Crippen LogP contribution in [0.25, 0.3) is 0 Å². The Morgan fingerprint density at radius 1 is 1.46 bits per heavy atom. The maximum absolute atomic E-state index is 14.0. The molecular formula is C14H17FN2O7. The molecule has 1 aliphatic heterocycles. The minimum Gasteiger partial charge on any atom is -0.481 e. The van der Waals surface area contributed by atoms with E-state index in [-0.39, 0.29) is 31.4 Å². The fourth-order valence-corrected chi connectivity index (χ4v) is 2.27. The third kappa shape index (κ3) is 4.28. The number of carbonyl (C=O) groups excluding carboxylic acids is 1. The SMILES string of the molecule is Cc1cn([C@H]2C[C@H](F)[C@@H](COC(=O)CCC(=O)O)O2)c(=O)[nH]c1=O. The molecule has 2 heterocycles. The maximum Gasteiger partial charge on any atom is 0.330 e. The lowest BCUT2D eigenvalue weighted by Crippen LogP contribution is -2.33. The van der Waals surface area contributed by atoms with Crippen LogP contribution in [0.2, 0.25) is 0 Å². The van der Waals surface area contributed by atoms with Gasteiger partial charge in [-0.25, -0.2) is 9.18 Å². The molecule has 10 heteroatoms. The number of aromatic nitrogens is 2. The van der Waals surface area contributed by atoms with Crippen LogP contribution in [-0.2, 0) is 19.1 Å². The van der Waals surface area contributed by atoms with Crippen molar-refractivity contribution < 1.29 is 28.6 Å². The summed E-state index contributed by atoms with van der Waals surface area (Å²) in [5, 5.41) is 8.46. The van der Waals surface area contributed by atoms with E-state index in [4.69, 9.17) is 14.6 Å². The van der Waals surface area contributed by atoms with E-state index in [1.807, 2.05) is 0 Å². The zero-order valence-corrected chi connectivity index (χ0v) is 12.9. The van der Waals surface area contributed by atoms with Crippen LogP contribution in [0.3, 0.4) is 0 Å². The predicted octanol–water partition coefficient (Wildman–Crippen LogP) is -0.121. The van der Waals surface area contributed by atoms with Gasteiger partial charge in [0.05, 0.1) is 12.8 Å². The number of alkyl halides is 1. The van der Waals surface area contributed by atoms with E-state index in [1.54, 1.807) is 0 Å². The molecule has 0 amide bonds. The lowest BCUT2D eigenvalue weighted by atomic mass is 10.2. The molecule has 2 N–H and O–H groups in total. The third-order valence-electron chi connectivity index (χ3n) is 3.57. The Kier molecular flexibility index (Phi) is 5.50. The normalized spacial score (nSPS) is 23.2. The standard InChI is InChI=1S/C14H17FN2O7/c1-7-5-17(14(22)16-13(7)21)10-4-8(15)9(24-10)6-23-12(20)3-2-11(18)19/h5,8-10H,2-4,6H2,1H3,(H,18,19)(H,16,21,22)/t8-,9+,10+/m0/s1. The number of carboxylic acids is 1. The third-order valence-corrected chi connectivity index (χ3v) is 3.57. The molecule has 1 aromatic heterocycles. The van der Waals surface area contributed by atoms with Gasteiger partial charge >= 0.3 is 17.6 Å². The smallest absolute Gasteiger partial charge is 0.330 e. The van der Waals surface area contributed by atoms with Crippen LogP contribution in [0.1, 0.15) is 31.1 Å². The van der Waals surface area contributed by atoms with Gasteiger partial charge in [-0.05, 0) is 6.92 Å². The van der Waals surface area contributed by atoms with Gasteiger partial charge in [0, 0.05) is 18.2 Å². The molecule has 0 bridgehead atoms. The molecule has 0 radical (unpaired) electrons. The number of aromatic amines is 1. The molecule has 0 saturated carbocycles. The molecule has 1 aliphatic rings. The first-order valence-electron chi connectivity index (χ1n) is 7.27. The average Bonchev–Trinajstić information content (AvgIpc) is 2.87. The van der Waals surface area contributed by atoms with E-state index >= 15 is 0 Å². The van der Waals surface area contributed by atoms with E-state index < -0.39 is 41.7 Å². The molecule has 24 heavy (non-hydrogen) atoms. The van der Waals surface area contributed by atoms with Crippen molar-refractivity contribution >= 4 is 11.9 Å². The maximum atomic E-state index is 14.0. The molecule has 2 rings (SSSR count). The van der Waals surface area contributed by atoms with Gasteiger partial charge in [0.25, 0.3) is 5.56 Å². The van der Waals surface area contributed by atoms with Crippen molar-refractivity contribution in [3.05, 3.63) is 32.6 Å². The van der Waals surface area contributed by atoms with Crippen LogP contribution in [-0.4, -0.2) is 45.5 Å². The van der Waals surface area contributed by atoms with E-state index in [0.717, 1.165) is 4.57 Å². The lowest BCUT2D eigenvalue weighted by Gasteiger charge is -2.16. The Morgan fingerprint density at radius 2 is 2.17 bits per heavy atom. The molecule has 0 aliphatic carbocycles. The van der Waals surface area contributed by atoms with E-state index in [0.29, 0.717) is 0 Å². The molecule has 9 nitrogen and oxygen atoms in total. The van der Waals surface area contributed by atoms with Gasteiger partial charge in [-0.2, -0.15) is 0 Å². The largest absolute Gasteiger partial charge is 0.481 e. The summed E-state index contributed by atoms with van der Waals surface area (Å²) in [6.07, 6.45) is -3.02. The van der Waals surface area contributed by atoms with Crippen molar-refractivity contribution in [1.82, 2.24) is 9.55 Å². The predicted molar refractivity (Wildman–Crippen MR) is 77.3 cm³/mol. The summed E-state index contributed by atoms with van der Waals surface area (Å²) >= 11 is 0. The Morgan fingerprint density at radius 3 is 2.83 bits per heavy atom. The second-order valence-electron chi connectivity index (χ2n) is 5.44. The number of ether oxygens (including phenoxy) is 2. The minimum atomic E-state index is -1.47. The zero-order chi connectivity index (χ0) is 17.9. The number of nitrogens with zero attached hydrogens (tertiary/aromatic N) is 1.